The van der Waals surface area contributed by atoms with E-state index in [-0.39, 0.29) is 11.5 Å². The van der Waals surface area contributed by atoms with E-state index < -0.39 is 5.97 Å². The number of carbonyl (C=O) groups excluding carboxylic acids is 1. The standard InChI is InChI=1S/C22H15ClN2O4S/c1-25-20(26)19(30-22(25)24-16-7-5-13(6-8-16)21(27)28)12-17-9-10-18(29-17)14-3-2-4-15(23)11-14/h2-12H,1H3,(H,27,28)/b19-12-,24-22+. The summed E-state index contributed by atoms with van der Waals surface area (Å²) in [6.45, 7) is 0. The Kier molecular flexibility index (Phi) is 5.48. The number of hydrogen-bond donors (Lipinski definition) is 1. The number of carbonyl (C=O) groups is 2. The molecule has 0 saturated carbocycles. The van der Waals surface area contributed by atoms with E-state index in [4.69, 9.17) is 21.1 Å². The smallest absolute Gasteiger partial charge is 0.335 e. The number of benzene rings is 2. The van der Waals surface area contributed by atoms with Crippen molar-refractivity contribution in [1.82, 2.24) is 4.90 Å². The fraction of sp³-hybridized carbons (Fsp3) is 0.0455. The van der Waals surface area contributed by atoms with Crippen LogP contribution in [0.5, 0.6) is 0 Å². The van der Waals surface area contributed by atoms with Crippen molar-refractivity contribution in [2.24, 2.45) is 4.99 Å². The van der Waals surface area contributed by atoms with E-state index in [1.807, 2.05) is 18.2 Å². The van der Waals surface area contributed by atoms with Crippen molar-refractivity contribution in [3.63, 3.8) is 0 Å². The number of carboxylic acids is 1. The maximum atomic E-state index is 12.6. The molecule has 0 spiro atoms. The van der Waals surface area contributed by atoms with Crippen LogP contribution in [0.1, 0.15) is 16.1 Å². The normalized spacial score (nSPS) is 16.6. The average Bonchev–Trinajstić information content (AvgIpc) is 3.29. The predicted molar refractivity (Wildman–Crippen MR) is 118 cm³/mol. The molecular weight excluding hydrogens is 424 g/mol. The Hall–Kier alpha value is -3.29. The summed E-state index contributed by atoms with van der Waals surface area (Å²) in [5.74, 6) is 0.000936. The van der Waals surface area contributed by atoms with Crippen LogP contribution in [0.2, 0.25) is 5.02 Å². The molecule has 6 nitrogen and oxygen atoms in total. The van der Waals surface area contributed by atoms with Gasteiger partial charge in [0.2, 0.25) is 0 Å². The number of aromatic carboxylic acids is 1. The molecule has 30 heavy (non-hydrogen) atoms. The molecule has 1 aliphatic rings. The number of amides is 1. The van der Waals surface area contributed by atoms with Gasteiger partial charge in [-0.2, -0.15) is 0 Å². The second kappa shape index (κ2) is 8.22. The van der Waals surface area contributed by atoms with Crippen LogP contribution < -0.4 is 0 Å². The summed E-state index contributed by atoms with van der Waals surface area (Å²) in [6.07, 6.45) is 1.67. The van der Waals surface area contributed by atoms with Crippen LogP contribution in [0, 0.1) is 0 Å². The number of amidine groups is 1. The number of halogens is 1. The van der Waals surface area contributed by atoms with Crippen LogP contribution in [-0.4, -0.2) is 34.1 Å². The molecule has 0 bridgehead atoms. The quantitative estimate of drug-likeness (QED) is 0.541. The lowest BCUT2D eigenvalue weighted by atomic mass is 10.2. The van der Waals surface area contributed by atoms with Gasteiger partial charge in [-0.1, -0.05) is 23.7 Å². The lowest BCUT2D eigenvalue weighted by Crippen LogP contribution is -2.23. The van der Waals surface area contributed by atoms with E-state index in [9.17, 15) is 9.59 Å². The van der Waals surface area contributed by atoms with Crippen molar-refractivity contribution in [3.8, 4) is 11.3 Å². The number of nitrogens with zero attached hydrogens (tertiary/aromatic N) is 2. The van der Waals surface area contributed by atoms with Gasteiger partial charge in [0.05, 0.1) is 16.2 Å². The molecule has 4 rings (SSSR count). The second-order valence-electron chi connectivity index (χ2n) is 6.43. The Morgan fingerprint density at radius 1 is 1.17 bits per heavy atom. The average molecular weight is 439 g/mol. The third kappa shape index (κ3) is 4.17. The molecule has 1 fully saturated rings. The molecule has 3 aromatic rings. The van der Waals surface area contributed by atoms with Crippen LogP contribution >= 0.6 is 23.4 Å². The molecule has 1 aromatic heterocycles. The van der Waals surface area contributed by atoms with Crippen molar-refractivity contribution < 1.29 is 19.1 Å². The zero-order chi connectivity index (χ0) is 21.3. The molecule has 1 saturated heterocycles. The monoisotopic (exact) mass is 438 g/mol. The van der Waals surface area contributed by atoms with Crippen molar-refractivity contribution in [3.05, 3.63) is 81.9 Å². The van der Waals surface area contributed by atoms with Crippen LogP contribution in [0.15, 0.2) is 75.0 Å². The van der Waals surface area contributed by atoms with Crippen LogP contribution in [0.4, 0.5) is 5.69 Å². The van der Waals surface area contributed by atoms with E-state index in [2.05, 4.69) is 4.99 Å². The first-order chi connectivity index (χ1) is 14.4. The summed E-state index contributed by atoms with van der Waals surface area (Å²) >= 11 is 7.26. The highest BCUT2D eigenvalue weighted by atomic mass is 35.5. The Bertz CT molecular complexity index is 1200. The molecule has 1 amide bonds. The molecule has 8 heteroatoms. The molecule has 0 radical (unpaired) electrons. The highest BCUT2D eigenvalue weighted by molar-refractivity contribution is 8.18. The summed E-state index contributed by atoms with van der Waals surface area (Å²) in [7, 11) is 1.64. The van der Waals surface area contributed by atoms with E-state index in [1.54, 1.807) is 43.5 Å². The lowest BCUT2D eigenvalue weighted by molar-refractivity contribution is -0.121. The number of rotatable bonds is 4. The van der Waals surface area contributed by atoms with Gasteiger partial charge in [0, 0.05) is 23.7 Å². The van der Waals surface area contributed by atoms with Gasteiger partial charge in [-0.3, -0.25) is 9.69 Å². The third-order valence-electron chi connectivity index (χ3n) is 4.35. The zero-order valence-electron chi connectivity index (χ0n) is 15.7. The van der Waals surface area contributed by atoms with Gasteiger partial charge in [-0.25, -0.2) is 9.79 Å². The van der Waals surface area contributed by atoms with Crippen molar-refractivity contribution >= 4 is 52.2 Å². The molecule has 0 aliphatic carbocycles. The van der Waals surface area contributed by atoms with E-state index in [0.29, 0.717) is 32.3 Å². The van der Waals surface area contributed by atoms with Gasteiger partial charge < -0.3 is 9.52 Å². The first kappa shape index (κ1) is 20.0. The predicted octanol–water partition coefficient (Wildman–Crippen LogP) is 5.53. The number of thioether (sulfide) groups is 1. The first-order valence-electron chi connectivity index (χ1n) is 8.86. The molecule has 1 N–H and O–H groups in total. The van der Waals surface area contributed by atoms with Crippen LogP contribution in [0.3, 0.4) is 0 Å². The largest absolute Gasteiger partial charge is 0.478 e. The SMILES string of the molecule is CN1C(=O)/C(=C/c2ccc(-c3cccc(Cl)c3)o2)S/C1=N/c1ccc(C(=O)O)cc1. The summed E-state index contributed by atoms with van der Waals surface area (Å²) in [4.78, 5) is 29.9. The minimum absolute atomic E-state index is 0.177. The molecule has 2 heterocycles. The summed E-state index contributed by atoms with van der Waals surface area (Å²) < 4.78 is 5.84. The van der Waals surface area contributed by atoms with Gasteiger partial charge in [0.25, 0.3) is 5.91 Å². The van der Waals surface area contributed by atoms with E-state index in [0.717, 1.165) is 5.56 Å². The van der Waals surface area contributed by atoms with Gasteiger partial charge in [-0.05, 0) is 60.3 Å². The van der Waals surface area contributed by atoms with Gasteiger partial charge in [-0.15, -0.1) is 0 Å². The Morgan fingerprint density at radius 2 is 1.93 bits per heavy atom. The van der Waals surface area contributed by atoms with Gasteiger partial charge in [0.15, 0.2) is 5.17 Å². The lowest BCUT2D eigenvalue weighted by Gasteiger charge is -2.07. The van der Waals surface area contributed by atoms with Crippen LogP contribution in [0.25, 0.3) is 17.4 Å². The fourth-order valence-corrected chi connectivity index (χ4v) is 3.95. The minimum atomic E-state index is -1.00. The first-order valence-corrected chi connectivity index (χ1v) is 10.1. The van der Waals surface area contributed by atoms with Crippen molar-refractivity contribution in [2.75, 3.05) is 7.05 Å². The van der Waals surface area contributed by atoms with Crippen molar-refractivity contribution in [2.45, 2.75) is 0 Å². The third-order valence-corrected chi connectivity index (χ3v) is 5.65. The highest BCUT2D eigenvalue weighted by Gasteiger charge is 2.30. The van der Waals surface area contributed by atoms with Gasteiger partial charge >= 0.3 is 5.97 Å². The molecular formula is C22H15ClN2O4S. The molecule has 150 valence electrons. The van der Waals surface area contributed by atoms with Gasteiger partial charge in [0.1, 0.15) is 11.5 Å². The minimum Gasteiger partial charge on any atom is -0.478 e. The molecule has 0 unspecified atom stereocenters. The molecule has 2 aromatic carbocycles. The fourth-order valence-electron chi connectivity index (χ4n) is 2.80. The number of furan rings is 1. The topological polar surface area (TPSA) is 83.1 Å². The summed E-state index contributed by atoms with van der Waals surface area (Å²) in [5, 5.41) is 10.1. The summed E-state index contributed by atoms with van der Waals surface area (Å²) in [6, 6.07) is 17.1. The zero-order valence-corrected chi connectivity index (χ0v) is 17.3. The molecule has 0 atom stereocenters. The van der Waals surface area contributed by atoms with Crippen LogP contribution in [-0.2, 0) is 4.79 Å². The van der Waals surface area contributed by atoms with Crippen molar-refractivity contribution in [1.29, 1.82) is 0 Å². The van der Waals surface area contributed by atoms with E-state index >= 15 is 0 Å². The molecule has 1 aliphatic heterocycles. The summed E-state index contributed by atoms with van der Waals surface area (Å²) in [5.41, 5.74) is 1.59. The second-order valence-corrected chi connectivity index (χ2v) is 7.88. The Balaban J connectivity index is 1.56. The highest BCUT2D eigenvalue weighted by Crippen LogP contribution is 2.34. The maximum Gasteiger partial charge on any atom is 0.335 e. The maximum absolute atomic E-state index is 12.6. The van der Waals surface area contributed by atoms with E-state index in [1.165, 1.54) is 28.8 Å². The number of likely N-dealkylation sites (N-methyl/N-ethyl adjacent to an activating group) is 1. The number of hydrogen-bond acceptors (Lipinski definition) is 5. The number of aliphatic imine (C=N–C) groups is 1. The number of carboxylic acid groups (broad SMARTS) is 1. The Labute approximate surface area is 181 Å². The Morgan fingerprint density at radius 3 is 2.63 bits per heavy atom.